The van der Waals surface area contributed by atoms with Gasteiger partial charge in [-0.1, -0.05) is 57.0 Å². The number of nitrogens with one attached hydrogen (secondary N) is 3. The summed E-state index contributed by atoms with van der Waals surface area (Å²) in [5.41, 5.74) is 24.4. The topological polar surface area (TPSA) is 220 Å². The number of carbonyl (C=O) groups excluding carboxylic acids is 3. The summed E-state index contributed by atoms with van der Waals surface area (Å²) in [6, 6.07) is 7.55. The first kappa shape index (κ1) is 33.3. The highest BCUT2D eigenvalue weighted by Gasteiger charge is 2.28. The fraction of sp³-hybridized carbons (Fsp3) is 0.552. The number of benzene rings is 1. The van der Waals surface area contributed by atoms with Crippen LogP contribution in [0.3, 0.4) is 0 Å². The average Bonchev–Trinajstić information content (AvgIpc) is 3.43. The number of hydrogen-bond donors (Lipinski definition) is 7. The van der Waals surface area contributed by atoms with E-state index in [9.17, 15) is 14.4 Å². The number of hydrogen-bond acceptors (Lipinski definition) is 6. The summed E-state index contributed by atoms with van der Waals surface area (Å²) < 4.78 is 0. The third-order valence-electron chi connectivity index (χ3n) is 6.90. The number of aromatic nitrogens is 2. The Morgan fingerprint density at radius 1 is 0.951 bits per heavy atom. The van der Waals surface area contributed by atoms with E-state index in [0.29, 0.717) is 50.3 Å². The second kappa shape index (κ2) is 17.7. The van der Waals surface area contributed by atoms with Gasteiger partial charge in [-0.05, 0) is 43.6 Å². The van der Waals surface area contributed by atoms with Gasteiger partial charge in [-0.3, -0.25) is 19.4 Å². The van der Waals surface area contributed by atoms with Gasteiger partial charge >= 0.3 is 0 Å². The molecule has 0 bridgehead atoms. The van der Waals surface area contributed by atoms with Crippen LogP contribution in [0.4, 0.5) is 0 Å². The van der Waals surface area contributed by atoms with Crippen LogP contribution in [0.25, 0.3) is 0 Å². The highest BCUT2D eigenvalue weighted by Crippen LogP contribution is 2.21. The summed E-state index contributed by atoms with van der Waals surface area (Å²) >= 11 is 0. The fourth-order valence-corrected chi connectivity index (χ4v) is 4.66. The van der Waals surface area contributed by atoms with E-state index in [0.717, 1.165) is 18.4 Å². The zero-order valence-electron chi connectivity index (χ0n) is 24.2. The summed E-state index contributed by atoms with van der Waals surface area (Å²) in [7, 11) is 0. The van der Waals surface area contributed by atoms with Gasteiger partial charge in [0.15, 0.2) is 5.96 Å². The number of aromatic amines is 1. The Morgan fingerprint density at radius 2 is 1.68 bits per heavy atom. The van der Waals surface area contributed by atoms with Crippen LogP contribution < -0.4 is 33.6 Å². The third kappa shape index (κ3) is 13.3. The molecule has 0 aliphatic rings. The van der Waals surface area contributed by atoms with Crippen LogP contribution in [0, 0.1) is 11.8 Å². The van der Waals surface area contributed by atoms with Crippen molar-refractivity contribution >= 4 is 23.7 Å². The molecule has 0 spiro atoms. The Labute approximate surface area is 242 Å². The van der Waals surface area contributed by atoms with E-state index in [1.54, 1.807) is 6.20 Å². The first-order valence-corrected chi connectivity index (χ1v) is 14.3. The maximum Gasteiger partial charge on any atom is 0.240 e. The number of nitrogens with two attached hydrogens (primary N) is 4. The predicted molar refractivity (Wildman–Crippen MR) is 160 cm³/mol. The fourth-order valence-electron chi connectivity index (χ4n) is 4.66. The van der Waals surface area contributed by atoms with Gasteiger partial charge in [-0.2, -0.15) is 0 Å². The molecule has 0 saturated carbocycles. The third-order valence-corrected chi connectivity index (χ3v) is 6.90. The number of carbonyl (C=O) groups is 3. The minimum Gasteiger partial charge on any atom is -0.370 e. The van der Waals surface area contributed by atoms with Crippen molar-refractivity contribution in [3.05, 3.63) is 54.1 Å². The number of rotatable bonds is 19. The smallest absolute Gasteiger partial charge is 0.240 e. The van der Waals surface area contributed by atoms with Crippen LogP contribution >= 0.6 is 0 Å². The van der Waals surface area contributed by atoms with Crippen molar-refractivity contribution in [1.82, 2.24) is 20.6 Å². The maximum atomic E-state index is 13.5. The van der Waals surface area contributed by atoms with Gasteiger partial charge in [-0.15, -0.1) is 0 Å². The zero-order valence-corrected chi connectivity index (χ0v) is 24.2. The molecule has 0 aliphatic heterocycles. The van der Waals surface area contributed by atoms with Crippen LogP contribution in [0.15, 0.2) is 47.8 Å². The van der Waals surface area contributed by atoms with Crippen molar-refractivity contribution in [2.45, 2.75) is 83.3 Å². The molecule has 2 aromatic rings. The second-order valence-corrected chi connectivity index (χ2v) is 11.0. The molecule has 1 aromatic heterocycles. The average molecular weight is 570 g/mol. The van der Waals surface area contributed by atoms with Crippen molar-refractivity contribution < 1.29 is 14.4 Å². The zero-order chi connectivity index (χ0) is 30.2. The minimum atomic E-state index is -0.898. The molecule has 4 atom stereocenters. The van der Waals surface area contributed by atoms with Crippen molar-refractivity contribution in [3.63, 3.8) is 0 Å². The molecule has 0 fully saturated rings. The molecule has 12 heteroatoms. The van der Waals surface area contributed by atoms with Crippen LogP contribution in [-0.4, -0.2) is 58.3 Å². The standard InChI is InChI=1S/C29H47N9O3/c1-19(2)8-6-11-21(27(40)38-25(26(31)39)16-23-17-34-18-36-23)15-22(12-7-13-35-29(32)33)37-28(41)24(30)14-20-9-4-3-5-10-20/h3-5,9-10,17-19,21-22,24-25H,6-8,11-16,30H2,1-2H3,(H2,31,39)(H,34,36)(H,37,41)(H,38,40)(H4,32,33,35)/t21-,22+,24-,25-/m0/s1. The number of amides is 3. The first-order chi connectivity index (χ1) is 19.5. The summed E-state index contributed by atoms with van der Waals surface area (Å²) in [6.07, 6.45) is 7.54. The van der Waals surface area contributed by atoms with E-state index >= 15 is 0 Å². The van der Waals surface area contributed by atoms with Gasteiger partial charge in [0.05, 0.1) is 12.4 Å². The number of nitrogens with zero attached hydrogens (tertiary/aromatic N) is 2. The predicted octanol–water partition coefficient (Wildman–Crippen LogP) is 0.863. The van der Waals surface area contributed by atoms with E-state index in [4.69, 9.17) is 22.9 Å². The summed E-state index contributed by atoms with van der Waals surface area (Å²) in [6.45, 7) is 4.65. The SMILES string of the molecule is CC(C)CCC[C@@H](C[C@@H](CCCN=C(N)N)NC(=O)[C@@H](N)Cc1ccccc1)C(=O)N[C@@H](Cc1cnc[nH]1)C(N)=O. The molecular formula is C29H47N9O3. The van der Waals surface area contributed by atoms with Crippen molar-refractivity contribution in [1.29, 1.82) is 0 Å². The molecule has 1 aromatic carbocycles. The molecule has 11 N–H and O–H groups in total. The summed E-state index contributed by atoms with van der Waals surface area (Å²) in [5, 5.41) is 5.90. The van der Waals surface area contributed by atoms with E-state index in [1.165, 1.54) is 6.33 Å². The van der Waals surface area contributed by atoms with E-state index < -0.39 is 23.9 Å². The Kier molecular flexibility index (Phi) is 14.4. The minimum absolute atomic E-state index is 0.00355. The first-order valence-electron chi connectivity index (χ1n) is 14.3. The monoisotopic (exact) mass is 569 g/mol. The highest BCUT2D eigenvalue weighted by molar-refractivity contribution is 5.88. The second-order valence-electron chi connectivity index (χ2n) is 11.0. The normalized spacial score (nSPS) is 14.0. The van der Waals surface area contributed by atoms with Crippen molar-refractivity contribution in [3.8, 4) is 0 Å². The lowest BCUT2D eigenvalue weighted by Gasteiger charge is -2.27. The van der Waals surface area contributed by atoms with Crippen LogP contribution in [0.1, 0.15) is 63.6 Å². The Bertz CT molecular complexity index is 1090. The van der Waals surface area contributed by atoms with Crippen molar-refractivity contribution in [2.24, 2.45) is 39.8 Å². The Morgan fingerprint density at radius 3 is 2.29 bits per heavy atom. The van der Waals surface area contributed by atoms with Gasteiger partial charge < -0.3 is 38.6 Å². The molecule has 41 heavy (non-hydrogen) atoms. The quantitative estimate of drug-likeness (QED) is 0.0734. The largest absolute Gasteiger partial charge is 0.370 e. The number of H-pyrrole nitrogens is 1. The molecule has 3 amide bonds. The molecule has 0 unspecified atom stereocenters. The number of imidazole rings is 1. The van der Waals surface area contributed by atoms with Crippen LogP contribution in [0.5, 0.6) is 0 Å². The van der Waals surface area contributed by atoms with Crippen LogP contribution in [0.2, 0.25) is 0 Å². The van der Waals surface area contributed by atoms with E-state index in [2.05, 4.69) is 39.4 Å². The molecular weight excluding hydrogens is 522 g/mol. The molecule has 0 saturated heterocycles. The van der Waals surface area contributed by atoms with Gasteiger partial charge in [0.2, 0.25) is 17.7 Å². The number of primary amides is 1. The maximum absolute atomic E-state index is 13.5. The Balaban J connectivity index is 2.17. The van der Waals surface area contributed by atoms with Gasteiger partial charge in [0, 0.05) is 36.8 Å². The molecule has 12 nitrogen and oxygen atoms in total. The molecule has 0 aliphatic carbocycles. The van der Waals surface area contributed by atoms with Gasteiger partial charge in [0.25, 0.3) is 0 Å². The Hall–Kier alpha value is -3.93. The van der Waals surface area contributed by atoms with Gasteiger partial charge in [0.1, 0.15) is 6.04 Å². The summed E-state index contributed by atoms with van der Waals surface area (Å²) in [4.78, 5) is 49.8. The lowest BCUT2D eigenvalue weighted by molar-refractivity contribution is -0.130. The molecule has 0 radical (unpaired) electrons. The van der Waals surface area contributed by atoms with E-state index in [1.807, 2.05) is 30.3 Å². The molecule has 1 heterocycles. The van der Waals surface area contributed by atoms with Gasteiger partial charge in [-0.25, -0.2) is 4.98 Å². The number of guanidine groups is 1. The number of aliphatic imine (C=N–C) groups is 1. The lowest BCUT2D eigenvalue weighted by Crippen LogP contribution is -2.50. The summed E-state index contributed by atoms with van der Waals surface area (Å²) in [5.74, 6) is -1.20. The van der Waals surface area contributed by atoms with Crippen molar-refractivity contribution in [2.75, 3.05) is 6.54 Å². The highest BCUT2D eigenvalue weighted by atomic mass is 16.2. The lowest BCUT2D eigenvalue weighted by atomic mass is 9.89. The molecule has 2 rings (SSSR count). The van der Waals surface area contributed by atoms with E-state index in [-0.39, 0.29) is 30.2 Å². The van der Waals surface area contributed by atoms with Crippen LogP contribution in [-0.2, 0) is 27.2 Å². The molecule has 226 valence electrons.